The maximum absolute atomic E-state index is 12.8. The quantitative estimate of drug-likeness (QED) is 0.242. The van der Waals surface area contributed by atoms with Gasteiger partial charge in [-0.25, -0.2) is 5.43 Å². The van der Waals surface area contributed by atoms with Crippen LogP contribution in [0.1, 0.15) is 31.8 Å². The van der Waals surface area contributed by atoms with Crippen LogP contribution >= 0.6 is 15.9 Å². The minimum absolute atomic E-state index is 0.0884. The number of hydrazone groups is 1. The maximum atomic E-state index is 12.8. The number of anilines is 1. The fourth-order valence-corrected chi connectivity index (χ4v) is 3.75. The third-order valence-electron chi connectivity index (χ3n) is 4.99. The number of ether oxygens (including phenoxy) is 2. The van der Waals surface area contributed by atoms with Crippen molar-refractivity contribution >= 4 is 45.3 Å². The van der Waals surface area contributed by atoms with Gasteiger partial charge in [-0.1, -0.05) is 18.2 Å². The van der Waals surface area contributed by atoms with Gasteiger partial charge < -0.3 is 14.8 Å². The van der Waals surface area contributed by atoms with Gasteiger partial charge in [-0.15, -0.1) is 0 Å². The molecule has 0 radical (unpaired) electrons. The Morgan fingerprint density at radius 1 is 1.03 bits per heavy atom. The van der Waals surface area contributed by atoms with E-state index < -0.39 is 16.7 Å². The van der Waals surface area contributed by atoms with Gasteiger partial charge in [0.15, 0.2) is 0 Å². The van der Waals surface area contributed by atoms with Crippen molar-refractivity contribution in [3.05, 3.63) is 91.4 Å². The summed E-state index contributed by atoms with van der Waals surface area (Å²) in [5, 5.41) is 17.8. The van der Waals surface area contributed by atoms with Gasteiger partial charge in [-0.05, 0) is 53.2 Å². The zero-order valence-electron chi connectivity index (χ0n) is 19.0. The van der Waals surface area contributed by atoms with Crippen molar-refractivity contribution < 1.29 is 24.0 Å². The third-order valence-corrected chi connectivity index (χ3v) is 5.81. The van der Waals surface area contributed by atoms with Crippen LogP contribution in [0, 0.1) is 17.0 Å². The molecule has 0 heterocycles. The minimum atomic E-state index is -0.595. The number of nitrogens with one attached hydrogen (secondary N) is 2. The molecule has 10 nitrogen and oxygen atoms in total. The molecule has 2 amide bonds. The van der Waals surface area contributed by atoms with E-state index in [9.17, 15) is 19.7 Å². The van der Waals surface area contributed by atoms with E-state index in [2.05, 4.69) is 31.8 Å². The van der Waals surface area contributed by atoms with Gasteiger partial charge in [0.1, 0.15) is 11.5 Å². The van der Waals surface area contributed by atoms with Crippen LogP contribution in [-0.2, 0) is 0 Å². The molecule has 0 fully saturated rings. The van der Waals surface area contributed by atoms with Gasteiger partial charge in [0, 0.05) is 17.2 Å². The topological polar surface area (TPSA) is 132 Å². The molecule has 0 aromatic heterocycles. The second-order valence-corrected chi connectivity index (χ2v) is 7.95. The molecule has 0 aliphatic carbocycles. The predicted molar refractivity (Wildman–Crippen MR) is 135 cm³/mol. The lowest BCUT2D eigenvalue weighted by atomic mass is 10.1. The fourth-order valence-electron chi connectivity index (χ4n) is 3.16. The highest BCUT2D eigenvalue weighted by Gasteiger charge is 2.18. The molecule has 0 spiro atoms. The molecule has 0 unspecified atom stereocenters. The molecule has 0 bridgehead atoms. The number of nitrogens with zero attached hydrogens (tertiary/aromatic N) is 2. The summed E-state index contributed by atoms with van der Waals surface area (Å²) < 4.78 is 11.2. The molecule has 3 aromatic carbocycles. The second-order valence-electron chi connectivity index (χ2n) is 7.15. The standard InChI is InChI=1S/C24H21BrN4O6/c1-14-8-9-15(12-19(14)29(32)33)23(30)27-18-7-5-4-6-16(18)24(31)28-26-13-17-20(34-2)10-11-21(35-3)22(17)25/h4-13H,1-3H3,(H,27,30)(H,28,31)/b26-13-. The number of hydrogen-bond acceptors (Lipinski definition) is 7. The number of nitro groups is 1. The summed E-state index contributed by atoms with van der Waals surface area (Å²) in [5.41, 5.74) is 3.69. The Morgan fingerprint density at radius 3 is 2.40 bits per heavy atom. The van der Waals surface area contributed by atoms with Gasteiger partial charge in [0.05, 0.1) is 46.6 Å². The lowest BCUT2D eigenvalue weighted by Gasteiger charge is -2.11. The molecule has 0 saturated carbocycles. The van der Waals surface area contributed by atoms with Crippen LogP contribution in [0.25, 0.3) is 0 Å². The Balaban J connectivity index is 1.80. The van der Waals surface area contributed by atoms with Crippen molar-refractivity contribution in [2.75, 3.05) is 19.5 Å². The van der Waals surface area contributed by atoms with Crippen LogP contribution in [-0.4, -0.2) is 37.2 Å². The second kappa shape index (κ2) is 11.3. The van der Waals surface area contributed by atoms with Gasteiger partial charge >= 0.3 is 0 Å². The van der Waals surface area contributed by atoms with Crippen LogP contribution < -0.4 is 20.2 Å². The summed E-state index contributed by atoms with van der Waals surface area (Å²) in [7, 11) is 3.03. The molecule has 3 rings (SSSR count). The first-order valence-electron chi connectivity index (χ1n) is 10.2. The summed E-state index contributed by atoms with van der Waals surface area (Å²) in [4.78, 5) is 36.1. The Morgan fingerprint density at radius 2 is 1.71 bits per heavy atom. The Labute approximate surface area is 209 Å². The highest BCUT2D eigenvalue weighted by atomic mass is 79.9. The SMILES string of the molecule is COc1ccc(OC)c(/C=N\NC(=O)c2ccccc2NC(=O)c2ccc(C)c([N+](=O)[O-])c2)c1Br. The normalized spacial score (nSPS) is 10.6. The molecule has 0 aliphatic heterocycles. The molecule has 11 heteroatoms. The number of hydrogen-bond donors (Lipinski definition) is 2. The highest BCUT2D eigenvalue weighted by Crippen LogP contribution is 2.33. The number of rotatable bonds is 8. The lowest BCUT2D eigenvalue weighted by molar-refractivity contribution is -0.385. The van der Waals surface area contributed by atoms with Crippen LogP contribution in [0.15, 0.2) is 64.2 Å². The number of para-hydroxylation sites is 1. The number of carbonyl (C=O) groups is 2. The summed E-state index contributed by atoms with van der Waals surface area (Å²) in [5.74, 6) is -0.106. The smallest absolute Gasteiger partial charge is 0.273 e. The van der Waals surface area contributed by atoms with E-state index in [1.165, 1.54) is 44.7 Å². The molecule has 0 saturated heterocycles. The first kappa shape index (κ1) is 25.4. The fraction of sp³-hybridized carbons (Fsp3) is 0.125. The molecule has 0 aliphatic rings. The lowest BCUT2D eigenvalue weighted by Crippen LogP contribution is -2.21. The molecule has 3 aromatic rings. The molecular formula is C24H21BrN4O6. The summed E-state index contributed by atoms with van der Waals surface area (Å²) in [6.07, 6.45) is 1.40. The monoisotopic (exact) mass is 540 g/mol. The van der Waals surface area contributed by atoms with Crippen molar-refractivity contribution in [3.63, 3.8) is 0 Å². The predicted octanol–water partition coefficient (Wildman–Crippen LogP) is 4.70. The number of nitro benzene ring substituents is 1. The van der Waals surface area contributed by atoms with Crippen molar-refractivity contribution in [2.24, 2.45) is 5.10 Å². The zero-order chi connectivity index (χ0) is 25.5. The van der Waals surface area contributed by atoms with Crippen LogP contribution in [0.5, 0.6) is 11.5 Å². The molecular weight excluding hydrogens is 520 g/mol. The highest BCUT2D eigenvalue weighted by molar-refractivity contribution is 9.10. The first-order valence-corrected chi connectivity index (χ1v) is 11.0. The van der Waals surface area contributed by atoms with E-state index in [-0.39, 0.29) is 22.5 Å². The third kappa shape index (κ3) is 5.82. The van der Waals surface area contributed by atoms with Crippen molar-refractivity contribution in [1.82, 2.24) is 5.43 Å². The molecule has 2 N–H and O–H groups in total. The zero-order valence-corrected chi connectivity index (χ0v) is 20.6. The number of halogens is 1. The summed E-state index contributed by atoms with van der Waals surface area (Å²) in [6.45, 7) is 1.58. The van der Waals surface area contributed by atoms with Crippen LogP contribution in [0.4, 0.5) is 11.4 Å². The largest absolute Gasteiger partial charge is 0.496 e. The average Bonchev–Trinajstić information content (AvgIpc) is 2.85. The van der Waals surface area contributed by atoms with E-state index in [0.717, 1.165) is 0 Å². The molecule has 35 heavy (non-hydrogen) atoms. The Kier molecular flexibility index (Phi) is 8.16. The first-order chi connectivity index (χ1) is 16.8. The van der Waals surface area contributed by atoms with Gasteiger partial charge in [-0.2, -0.15) is 5.10 Å². The van der Waals surface area contributed by atoms with Gasteiger partial charge in [-0.3, -0.25) is 19.7 Å². The Hall–Kier alpha value is -4.25. The molecule has 180 valence electrons. The number of aryl methyl sites for hydroxylation is 1. The number of methoxy groups -OCH3 is 2. The number of amides is 2. The average molecular weight is 541 g/mol. The molecule has 0 atom stereocenters. The van der Waals surface area contributed by atoms with E-state index >= 15 is 0 Å². The minimum Gasteiger partial charge on any atom is -0.496 e. The van der Waals surface area contributed by atoms with Crippen LogP contribution in [0.3, 0.4) is 0 Å². The maximum Gasteiger partial charge on any atom is 0.273 e. The van der Waals surface area contributed by atoms with Gasteiger partial charge in [0.25, 0.3) is 17.5 Å². The Bertz CT molecular complexity index is 1330. The van der Waals surface area contributed by atoms with Crippen molar-refractivity contribution in [2.45, 2.75) is 6.92 Å². The number of carbonyl (C=O) groups excluding carboxylic acids is 2. The van der Waals surface area contributed by atoms with Crippen molar-refractivity contribution in [3.8, 4) is 11.5 Å². The van der Waals surface area contributed by atoms with E-state index in [1.54, 1.807) is 37.3 Å². The van der Waals surface area contributed by atoms with E-state index in [1.807, 2.05) is 0 Å². The van der Waals surface area contributed by atoms with Crippen LogP contribution in [0.2, 0.25) is 0 Å². The summed E-state index contributed by atoms with van der Waals surface area (Å²) >= 11 is 3.43. The number of benzene rings is 3. The van der Waals surface area contributed by atoms with Crippen molar-refractivity contribution in [1.29, 1.82) is 0 Å². The van der Waals surface area contributed by atoms with E-state index in [4.69, 9.17) is 9.47 Å². The van der Waals surface area contributed by atoms with E-state index in [0.29, 0.717) is 27.1 Å². The summed E-state index contributed by atoms with van der Waals surface area (Å²) in [6, 6.07) is 13.9. The van der Waals surface area contributed by atoms with Gasteiger partial charge in [0.2, 0.25) is 0 Å².